The normalized spacial score (nSPS) is 9.39. The summed E-state index contributed by atoms with van der Waals surface area (Å²) in [6.45, 7) is 17.2. The zero-order valence-electron chi connectivity index (χ0n) is 22.0. The molecule has 0 aliphatic carbocycles. The molecule has 0 rings (SSSR count). The van der Waals surface area contributed by atoms with Crippen LogP contribution < -0.4 is 0 Å². The van der Waals surface area contributed by atoms with E-state index >= 15 is 0 Å². The number of hydrogen-bond acceptors (Lipinski definition) is 3. The minimum Gasteiger partial charge on any atom is -0.542 e. The molecule has 0 aliphatic heterocycles. The van der Waals surface area contributed by atoms with Crippen LogP contribution in [0.25, 0.3) is 0 Å². The summed E-state index contributed by atoms with van der Waals surface area (Å²) in [5.41, 5.74) is 0. The maximum Gasteiger partial charge on any atom is 4.00 e. The first-order valence-corrected chi connectivity index (χ1v) is 12.0. The molecule has 0 N–H and O–H groups in total. The first-order valence-electron chi connectivity index (χ1n) is 12.0. The van der Waals surface area contributed by atoms with Crippen LogP contribution in [-0.4, -0.2) is 18.9 Å². The average Bonchev–Trinajstić information content (AvgIpc) is 2.67. The minimum atomic E-state index is 0. The second-order valence-corrected chi connectivity index (χ2v) is 8.93. The Hall–Kier alpha value is -0.276. The van der Waals surface area contributed by atoms with E-state index in [4.69, 9.17) is 0 Å². The van der Waals surface area contributed by atoms with Gasteiger partial charge in [-0.15, -0.1) is 0 Å². The van der Waals surface area contributed by atoms with E-state index in [0.29, 0.717) is 19.3 Å². The molecule has 0 fully saturated rings. The van der Waals surface area contributed by atoms with Crippen molar-refractivity contribution in [1.29, 1.82) is 0 Å². The molecule has 0 saturated heterocycles. The molecule has 0 heterocycles. The van der Waals surface area contributed by atoms with Gasteiger partial charge >= 0.3 is 21.7 Å². The molecule has 0 saturated carbocycles. The van der Waals surface area contributed by atoms with Gasteiger partial charge in [-0.2, -0.15) is 33.1 Å². The summed E-state index contributed by atoms with van der Waals surface area (Å²) in [5, 5.41) is 0. The number of unbranched alkanes of at least 4 members (excludes halogenated alkanes) is 6. The first kappa shape index (κ1) is 41.0. The fourth-order valence-electron chi connectivity index (χ4n) is 2.25. The van der Waals surface area contributed by atoms with E-state index in [0.717, 1.165) is 37.0 Å². The van der Waals surface area contributed by atoms with Gasteiger partial charge in [0.2, 0.25) is 0 Å². The molecule has 0 aromatic carbocycles. The van der Waals surface area contributed by atoms with Gasteiger partial charge < -0.3 is 20.8 Å². The number of rotatable bonds is 15. The monoisotopic (exact) mass is 472 g/mol. The molecule has 0 aromatic heterocycles. The maximum atomic E-state index is 9.72. The van der Waals surface area contributed by atoms with Crippen LogP contribution in [0.2, 0.25) is 0 Å². The summed E-state index contributed by atoms with van der Waals surface area (Å²) in [7, 11) is 0. The Balaban J connectivity index is -0.000000101. The predicted octanol–water partition coefficient (Wildman–Crippen LogP) is 8.17. The van der Waals surface area contributed by atoms with E-state index in [9.17, 15) is 14.4 Å². The summed E-state index contributed by atoms with van der Waals surface area (Å²) >= 11 is 0. The van der Waals surface area contributed by atoms with E-state index in [1.54, 1.807) is 0 Å². The second kappa shape index (κ2) is 40.1. The number of carbonyl (C=O) groups excluding carboxylic acids is 3. The van der Waals surface area contributed by atoms with Gasteiger partial charge in [0.1, 0.15) is 0 Å². The van der Waals surface area contributed by atoms with Crippen LogP contribution in [0, 0.1) is 24.2 Å². The summed E-state index contributed by atoms with van der Waals surface area (Å²) < 4.78 is 0. The molecule has 0 aromatic rings. The van der Waals surface area contributed by atoms with Crippen molar-refractivity contribution in [2.24, 2.45) is 17.8 Å². The average molecular weight is 473 g/mol. The van der Waals surface area contributed by atoms with Crippen molar-refractivity contribution in [3.8, 4) is 0 Å². The Morgan fingerprint density at radius 1 is 0.516 bits per heavy atom. The van der Waals surface area contributed by atoms with Crippen LogP contribution in [0.5, 0.6) is 0 Å². The zero-order valence-corrected chi connectivity index (χ0v) is 23.6. The summed E-state index contributed by atoms with van der Waals surface area (Å²) in [4.78, 5) is 29.2. The molecule has 0 atom stereocenters. The Kier molecular flexibility index (Phi) is 53.1. The van der Waals surface area contributed by atoms with Crippen molar-refractivity contribution in [2.75, 3.05) is 0 Å². The molecule has 0 radical (unpaired) electrons. The Morgan fingerprint density at radius 3 is 0.839 bits per heavy atom. The third-order valence-electron chi connectivity index (χ3n) is 3.93. The fraction of sp³-hybridized carbons (Fsp3) is 0.852. The van der Waals surface area contributed by atoms with Crippen LogP contribution in [0.4, 0.5) is 0 Å². The smallest absolute Gasteiger partial charge is 0.542 e. The van der Waals surface area contributed by atoms with Gasteiger partial charge in [0.25, 0.3) is 0 Å². The third-order valence-corrected chi connectivity index (χ3v) is 3.93. The van der Waals surface area contributed by atoms with Gasteiger partial charge in [-0.25, -0.2) is 0 Å². The molecule has 4 heteroatoms. The van der Waals surface area contributed by atoms with Crippen LogP contribution in [0.3, 0.4) is 0 Å². The molecular formula is C27H52O3Ti. The molecule has 3 nitrogen and oxygen atoms in total. The third kappa shape index (κ3) is 72.7. The Morgan fingerprint density at radius 2 is 0.710 bits per heavy atom. The molecule has 0 amide bonds. The topological polar surface area (TPSA) is 51.2 Å². The van der Waals surface area contributed by atoms with Gasteiger partial charge in [0, 0.05) is 0 Å². The minimum absolute atomic E-state index is 0. The van der Waals surface area contributed by atoms with E-state index in [1.807, 2.05) is 39.1 Å². The number of hydrogen-bond donors (Lipinski definition) is 0. The van der Waals surface area contributed by atoms with E-state index in [1.165, 1.54) is 38.5 Å². The molecule has 0 spiro atoms. The fourth-order valence-corrected chi connectivity index (χ4v) is 2.25. The van der Waals surface area contributed by atoms with E-state index in [2.05, 4.69) is 41.5 Å². The van der Waals surface area contributed by atoms with Crippen molar-refractivity contribution >= 4 is 18.9 Å². The van der Waals surface area contributed by atoms with Crippen LogP contribution in [0.1, 0.15) is 132 Å². The largest absolute Gasteiger partial charge is 4.00 e. The van der Waals surface area contributed by atoms with Gasteiger partial charge in [-0.1, -0.05) is 99.3 Å². The van der Waals surface area contributed by atoms with Crippen molar-refractivity contribution < 1.29 is 36.1 Å². The Labute approximate surface area is 211 Å². The summed E-state index contributed by atoms with van der Waals surface area (Å²) in [6.07, 6.45) is 19.8. The molecule has 0 unspecified atom stereocenters. The van der Waals surface area contributed by atoms with Crippen LogP contribution >= 0.6 is 0 Å². The quantitative estimate of drug-likeness (QED) is 0.137. The van der Waals surface area contributed by atoms with E-state index in [-0.39, 0.29) is 21.7 Å². The molecular weight excluding hydrogens is 420 g/mol. The molecule has 182 valence electrons. The van der Waals surface area contributed by atoms with Crippen LogP contribution in [0.15, 0.2) is 0 Å². The standard InChI is InChI=1S/3C8H15O.C3H7.Ti/c3*1-8(2)6-4-3-5-7-9;1-3-2;/h3*8H,3-6H2,1-2H3;3H,1-2H3;/q4*-1;+4. The van der Waals surface area contributed by atoms with Crippen molar-refractivity contribution in [3.05, 3.63) is 6.42 Å². The van der Waals surface area contributed by atoms with Crippen molar-refractivity contribution in [3.63, 3.8) is 0 Å². The molecule has 31 heavy (non-hydrogen) atoms. The molecule has 0 aliphatic rings. The summed E-state index contributed by atoms with van der Waals surface area (Å²) in [5.74, 6) is 2.32. The van der Waals surface area contributed by atoms with E-state index < -0.39 is 0 Å². The first-order chi connectivity index (χ1) is 14.2. The van der Waals surface area contributed by atoms with Crippen molar-refractivity contribution in [2.45, 2.75) is 132 Å². The predicted molar refractivity (Wildman–Crippen MR) is 133 cm³/mol. The van der Waals surface area contributed by atoms with Gasteiger partial charge in [-0.3, -0.25) is 18.9 Å². The zero-order chi connectivity index (χ0) is 24.0. The Bertz CT molecular complexity index is 268. The SMILES string of the molecule is CC(C)CCCC[C-]=O.CC(C)CCCC[C-]=O.CC(C)CCCC[C-]=O.C[CH-]C.[Ti+4]. The molecule has 0 bridgehead atoms. The van der Waals surface area contributed by atoms with Crippen molar-refractivity contribution in [1.82, 2.24) is 0 Å². The van der Waals surface area contributed by atoms with Gasteiger partial charge in [-0.05, 0) is 17.8 Å². The maximum absolute atomic E-state index is 9.72. The second-order valence-electron chi connectivity index (χ2n) is 8.93. The summed E-state index contributed by atoms with van der Waals surface area (Å²) in [6, 6.07) is 0. The van der Waals surface area contributed by atoms with Gasteiger partial charge in [0.15, 0.2) is 0 Å². The van der Waals surface area contributed by atoms with Crippen LogP contribution in [-0.2, 0) is 36.1 Å². The van der Waals surface area contributed by atoms with Gasteiger partial charge in [0.05, 0.1) is 0 Å².